The molecule has 0 saturated carbocycles. The number of pyridine rings is 1. The van der Waals surface area contributed by atoms with Gasteiger partial charge < -0.3 is 5.32 Å². The number of allylic oxidation sites excluding steroid dienone is 12. The van der Waals surface area contributed by atoms with Gasteiger partial charge in [-0.25, -0.2) is 0 Å². The molecule has 172 valence electrons. The van der Waals surface area contributed by atoms with Crippen molar-refractivity contribution in [2.24, 2.45) is 0 Å². The standard InChI is InChI=1S/C29H40N2O/c1-2-3-4-5-6-7-8-9-10-11-12-13-14-15-16-17-18-19-20-23-29(32)31-26-24-28-22-21-25-30-27-28/h3-4,6-7,9-10,12-13,15-16,18-19,21-22,25,27H,2,5,8,11,14,17,20,23-24,26H2,1H3,(H,31,32)/b4-3-,7-6-,10-9-,13-12-,16-15-,19-18-. The fraction of sp³-hybridized carbons (Fsp3) is 0.379. The number of rotatable bonds is 17. The van der Waals surface area contributed by atoms with E-state index < -0.39 is 0 Å². The molecule has 0 aliphatic carbocycles. The summed E-state index contributed by atoms with van der Waals surface area (Å²) >= 11 is 0. The van der Waals surface area contributed by atoms with Gasteiger partial charge in [-0.3, -0.25) is 9.78 Å². The van der Waals surface area contributed by atoms with Gasteiger partial charge in [0.25, 0.3) is 0 Å². The van der Waals surface area contributed by atoms with Crippen LogP contribution in [0, 0.1) is 0 Å². The second kappa shape index (κ2) is 21.3. The summed E-state index contributed by atoms with van der Waals surface area (Å²) in [6.45, 7) is 2.82. The number of hydrogen-bond acceptors (Lipinski definition) is 2. The van der Waals surface area contributed by atoms with Crippen LogP contribution < -0.4 is 5.32 Å². The van der Waals surface area contributed by atoms with Crippen LogP contribution in [0.5, 0.6) is 0 Å². The molecule has 0 aromatic carbocycles. The molecular formula is C29H40N2O. The maximum Gasteiger partial charge on any atom is 0.220 e. The summed E-state index contributed by atoms with van der Waals surface area (Å²) in [4.78, 5) is 15.9. The maximum absolute atomic E-state index is 11.8. The second-order valence-corrected chi connectivity index (χ2v) is 7.42. The number of aromatic nitrogens is 1. The van der Waals surface area contributed by atoms with Crippen molar-refractivity contribution < 1.29 is 4.79 Å². The van der Waals surface area contributed by atoms with E-state index in [1.165, 1.54) is 0 Å². The van der Waals surface area contributed by atoms with Crippen LogP contribution in [0.3, 0.4) is 0 Å². The average molecular weight is 433 g/mol. The molecule has 3 heteroatoms. The first kappa shape index (κ1) is 27.1. The van der Waals surface area contributed by atoms with Gasteiger partial charge in [0.1, 0.15) is 0 Å². The quantitative estimate of drug-likeness (QED) is 0.264. The summed E-state index contributed by atoms with van der Waals surface area (Å²) in [5.74, 6) is 0.105. The van der Waals surface area contributed by atoms with Gasteiger partial charge in [0.05, 0.1) is 0 Å². The van der Waals surface area contributed by atoms with E-state index in [9.17, 15) is 4.79 Å². The SMILES string of the molecule is CC/C=C\C/C=C\C/C=C\C/C=C\C/C=C\C/C=C\CCC(=O)NCCc1cccnc1. The molecule has 0 saturated heterocycles. The van der Waals surface area contributed by atoms with Crippen molar-refractivity contribution in [3.63, 3.8) is 0 Å². The van der Waals surface area contributed by atoms with Crippen molar-refractivity contribution in [3.05, 3.63) is 103 Å². The molecule has 0 atom stereocenters. The summed E-state index contributed by atoms with van der Waals surface area (Å²) in [7, 11) is 0. The highest BCUT2D eigenvalue weighted by molar-refractivity contribution is 5.75. The molecule has 0 bridgehead atoms. The highest BCUT2D eigenvalue weighted by atomic mass is 16.1. The van der Waals surface area contributed by atoms with Crippen LogP contribution in [0.1, 0.15) is 63.9 Å². The van der Waals surface area contributed by atoms with Crippen molar-refractivity contribution in [1.29, 1.82) is 0 Å². The largest absolute Gasteiger partial charge is 0.356 e. The molecule has 1 amide bonds. The highest BCUT2D eigenvalue weighted by Crippen LogP contribution is 1.99. The molecule has 0 fully saturated rings. The topological polar surface area (TPSA) is 42.0 Å². The molecule has 0 radical (unpaired) electrons. The number of hydrogen-bond donors (Lipinski definition) is 1. The lowest BCUT2D eigenvalue weighted by atomic mass is 10.2. The first-order valence-electron chi connectivity index (χ1n) is 11.9. The average Bonchev–Trinajstić information content (AvgIpc) is 2.81. The third-order valence-corrected chi connectivity index (χ3v) is 4.59. The Morgan fingerprint density at radius 3 is 1.84 bits per heavy atom. The van der Waals surface area contributed by atoms with Crippen LogP contribution in [-0.2, 0) is 11.2 Å². The summed E-state index contributed by atoms with van der Waals surface area (Å²) < 4.78 is 0. The van der Waals surface area contributed by atoms with E-state index in [4.69, 9.17) is 0 Å². The molecule has 0 aliphatic rings. The van der Waals surface area contributed by atoms with Crippen LogP contribution in [-0.4, -0.2) is 17.4 Å². The van der Waals surface area contributed by atoms with E-state index >= 15 is 0 Å². The van der Waals surface area contributed by atoms with Gasteiger partial charge in [-0.2, -0.15) is 0 Å². The van der Waals surface area contributed by atoms with E-state index in [1.54, 1.807) is 6.20 Å². The number of carbonyl (C=O) groups excluding carboxylic acids is 1. The van der Waals surface area contributed by atoms with E-state index in [2.05, 4.69) is 90.1 Å². The molecular weight excluding hydrogens is 392 g/mol. The molecule has 32 heavy (non-hydrogen) atoms. The van der Waals surface area contributed by atoms with E-state index in [0.29, 0.717) is 13.0 Å². The number of nitrogens with zero attached hydrogens (tertiary/aromatic N) is 1. The Labute approximate surface area is 195 Å². The van der Waals surface area contributed by atoms with Crippen LogP contribution in [0.15, 0.2) is 97.4 Å². The lowest BCUT2D eigenvalue weighted by Gasteiger charge is -2.03. The third kappa shape index (κ3) is 17.9. The molecule has 1 rings (SSSR count). The molecule has 1 aromatic rings. The van der Waals surface area contributed by atoms with Crippen LogP contribution in [0.4, 0.5) is 0 Å². The fourth-order valence-electron chi connectivity index (χ4n) is 2.83. The Morgan fingerprint density at radius 2 is 1.34 bits per heavy atom. The minimum absolute atomic E-state index is 0.105. The van der Waals surface area contributed by atoms with Gasteiger partial charge in [0.2, 0.25) is 5.91 Å². The summed E-state index contributed by atoms with van der Waals surface area (Å²) in [6, 6.07) is 3.94. The van der Waals surface area contributed by atoms with Crippen molar-refractivity contribution in [1.82, 2.24) is 10.3 Å². The molecule has 0 unspecified atom stereocenters. The van der Waals surface area contributed by atoms with Gasteiger partial charge >= 0.3 is 0 Å². The van der Waals surface area contributed by atoms with Gasteiger partial charge in [-0.15, -0.1) is 0 Å². The molecule has 0 aliphatic heterocycles. The summed E-state index contributed by atoms with van der Waals surface area (Å²) in [6.07, 6.45) is 38.0. The predicted octanol–water partition coefficient (Wildman–Crippen LogP) is 7.22. The Kier molecular flexibility index (Phi) is 18.0. The number of carbonyl (C=O) groups is 1. The lowest BCUT2D eigenvalue weighted by molar-refractivity contribution is -0.120. The number of nitrogens with one attached hydrogen (secondary N) is 1. The second-order valence-electron chi connectivity index (χ2n) is 7.42. The maximum atomic E-state index is 11.8. The zero-order chi connectivity index (χ0) is 23.0. The highest BCUT2D eigenvalue weighted by Gasteiger charge is 1.99. The van der Waals surface area contributed by atoms with Crippen molar-refractivity contribution >= 4 is 5.91 Å². The van der Waals surface area contributed by atoms with E-state index in [-0.39, 0.29) is 5.91 Å². The first-order chi connectivity index (χ1) is 15.8. The van der Waals surface area contributed by atoms with Crippen molar-refractivity contribution in [3.8, 4) is 0 Å². The first-order valence-corrected chi connectivity index (χ1v) is 11.9. The molecule has 1 aromatic heterocycles. The monoisotopic (exact) mass is 432 g/mol. The number of amides is 1. The molecule has 3 nitrogen and oxygen atoms in total. The minimum Gasteiger partial charge on any atom is -0.356 e. The smallest absolute Gasteiger partial charge is 0.220 e. The Bertz CT molecular complexity index is 755. The van der Waals surface area contributed by atoms with Crippen LogP contribution in [0.2, 0.25) is 0 Å². The van der Waals surface area contributed by atoms with E-state index in [0.717, 1.165) is 56.9 Å². The van der Waals surface area contributed by atoms with E-state index in [1.807, 2.05) is 18.3 Å². The molecule has 0 spiro atoms. The van der Waals surface area contributed by atoms with Gasteiger partial charge in [0, 0.05) is 25.4 Å². The zero-order valence-electron chi connectivity index (χ0n) is 19.7. The third-order valence-electron chi connectivity index (χ3n) is 4.59. The lowest BCUT2D eigenvalue weighted by Crippen LogP contribution is -2.25. The molecule has 1 heterocycles. The van der Waals surface area contributed by atoms with Crippen LogP contribution in [0.25, 0.3) is 0 Å². The summed E-state index contributed by atoms with van der Waals surface area (Å²) in [5, 5.41) is 2.96. The Hall–Kier alpha value is -2.94. The predicted molar refractivity (Wildman–Crippen MR) is 138 cm³/mol. The van der Waals surface area contributed by atoms with Crippen molar-refractivity contribution in [2.75, 3.05) is 6.54 Å². The van der Waals surface area contributed by atoms with Gasteiger partial charge in [-0.1, -0.05) is 85.9 Å². The fourth-order valence-corrected chi connectivity index (χ4v) is 2.83. The van der Waals surface area contributed by atoms with Crippen LogP contribution >= 0.6 is 0 Å². The zero-order valence-corrected chi connectivity index (χ0v) is 19.7. The Morgan fingerprint density at radius 1 is 0.812 bits per heavy atom. The van der Waals surface area contributed by atoms with Gasteiger partial charge in [-0.05, 0) is 63.0 Å². The normalized spacial score (nSPS) is 12.5. The summed E-state index contributed by atoms with van der Waals surface area (Å²) in [5.41, 5.74) is 1.14. The minimum atomic E-state index is 0.105. The van der Waals surface area contributed by atoms with Crippen molar-refractivity contribution in [2.45, 2.75) is 64.7 Å². The Balaban J connectivity index is 1.95. The molecule has 1 N–H and O–H groups in total. The van der Waals surface area contributed by atoms with Gasteiger partial charge in [0.15, 0.2) is 0 Å².